The van der Waals surface area contributed by atoms with E-state index in [1.807, 2.05) is 0 Å². The average molecular weight is 359 g/mol. The van der Waals surface area contributed by atoms with E-state index in [4.69, 9.17) is 16.3 Å². The molecule has 0 aliphatic heterocycles. The zero-order valence-corrected chi connectivity index (χ0v) is 12.8. The van der Waals surface area contributed by atoms with Crippen LogP contribution in [-0.2, 0) is 0 Å². The van der Waals surface area contributed by atoms with Crippen LogP contribution >= 0.6 is 27.5 Å². The first kappa shape index (κ1) is 14.8. The van der Waals surface area contributed by atoms with Crippen molar-refractivity contribution < 1.29 is 13.9 Å². The summed E-state index contributed by atoms with van der Waals surface area (Å²) in [6.07, 6.45) is 0. The van der Waals surface area contributed by atoms with Gasteiger partial charge in [0.1, 0.15) is 11.6 Å². The van der Waals surface area contributed by atoms with Gasteiger partial charge in [-0.2, -0.15) is 0 Å². The number of hydrogen-bond acceptors (Lipinski definition) is 2. The highest BCUT2D eigenvalue weighted by Crippen LogP contribution is 2.29. The normalized spacial score (nSPS) is 10.2. The predicted octanol–water partition coefficient (Wildman–Crippen LogP) is 4.50. The van der Waals surface area contributed by atoms with Crippen molar-refractivity contribution >= 4 is 39.1 Å². The molecule has 0 heterocycles. The smallest absolute Gasteiger partial charge is 0.257 e. The Bertz CT molecular complexity index is 664. The highest BCUT2D eigenvalue weighted by atomic mass is 79.9. The number of ether oxygens (including phenoxy) is 1. The first-order chi connectivity index (χ1) is 9.52. The minimum atomic E-state index is -0.504. The molecule has 0 bridgehead atoms. The lowest BCUT2D eigenvalue weighted by molar-refractivity contribution is 0.102. The molecule has 6 heteroatoms. The van der Waals surface area contributed by atoms with E-state index >= 15 is 0 Å². The SMILES string of the molecule is COc1ccc(Cl)cc1NC(=O)c1cccc(F)c1Br. The van der Waals surface area contributed by atoms with Gasteiger partial charge in [0.15, 0.2) is 0 Å². The summed E-state index contributed by atoms with van der Waals surface area (Å²) in [6.45, 7) is 0. The Balaban J connectivity index is 2.32. The zero-order valence-electron chi connectivity index (χ0n) is 10.4. The van der Waals surface area contributed by atoms with Crippen LogP contribution in [0.5, 0.6) is 5.75 Å². The van der Waals surface area contributed by atoms with Crippen LogP contribution in [0.2, 0.25) is 5.02 Å². The minimum Gasteiger partial charge on any atom is -0.495 e. The Morgan fingerprint density at radius 1 is 1.35 bits per heavy atom. The van der Waals surface area contributed by atoms with Crippen LogP contribution in [0, 0.1) is 5.82 Å². The Morgan fingerprint density at radius 3 is 2.80 bits per heavy atom. The summed E-state index contributed by atoms with van der Waals surface area (Å²) in [5, 5.41) is 3.10. The molecule has 0 saturated heterocycles. The second-order valence-electron chi connectivity index (χ2n) is 3.90. The number of rotatable bonds is 3. The van der Waals surface area contributed by atoms with E-state index in [1.54, 1.807) is 18.2 Å². The van der Waals surface area contributed by atoms with E-state index in [1.165, 1.54) is 25.3 Å². The molecule has 2 aromatic rings. The molecule has 1 N–H and O–H groups in total. The minimum absolute atomic E-state index is 0.110. The van der Waals surface area contributed by atoms with E-state index in [0.29, 0.717) is 16.5 Å². The average Bonchev–Trinajstić information content (AvgIpc) is 2.42. The van der Waals surface area contributed by atoms with Crippen LogP contribution in [0.15, 0.2) is 40.9 Å². The number of amides is 1. The molecule has 0 saturated carbocycles. The predicted molar refractivity (Wildman–Crippen MR) is 80.1 cm³/mol. The van der Waals surface area contributed by atoms with Crippen LogP contribution in [0.4, 0.5) is 10.1 Å². The molecule has 20 heavy (non-hydrogen) atoms. The lowest BCUT2D eigenvalue weighted by Gasteiger charge is -2.11. The van der Waals surface area contributed by atoms with Crippen LogP contribution in [0.25, 0.3) is 0 Å². The van der Waals surface area contributed by atoms with Crippen LogP contribution in [0.3, 0.4) is 0 Å². The van der Waals surface area contributed by atoms with Crippen molar-refractivity contribution in [3.8, 4) is 5.75 Å². The fraction of sp³-hybridized carbons (Fsp3) is 0.0714. The van der Waals surface area contributed by atoms with Gasteiger partial charge in [0.25, 0.3) is 5.91 Å². The summed E-state index contributed by atoms with van der Waals surface area (Å²) in [7, 11) is 1.48. The Morgan fingerprint density at radius 2 is 2.10 bits per heavy atom. The summed E-state index contributed by atoms with van der Waals surface area (Å²) in [5.74, 6) is -0.497. The molecule has 0 fully saturated rings. The van der Waals surface area contributed by atoms with Gasteiger partial charge in [0, 0.05) is 5.02 Å². The Labute approximate surface area is 128 Å². The number of methoxy groups -OCH3 is 1. The Kier molecular flexibility index (Phi) is 4.62. The van der Waals surface area contributed by atoms with Gasteiger partial charge in [0.05, 0.1) is 22.8 Å². The van der Waals surface area contributed by atoms with E-state index in [9.17, 15) is 9.18 Å². The first-order valence-electron chi connectivity index (χ1n) is 5.62. The monoisotopic (exact) mass is 357 g/mol. The molecule has 2 aromatic carbocycles. The van der Waals surface area contributed by atoms with Crippen LogP contribution < -0.4 is 10.1 Å². The first-order valence-corrected chi connectivity index (χ1v) is 6.79. The van der Waals surface area contributed by atoms with Crippen LogP contribution in [0.1, 0.15) is 10.4 Å². The van der Waals surface area contributed by atoms with Crippen LogP contribution in [-0.4, -0.2) is 13.0 Å². The summed E-state index contributed by atoms with van der Waals surface area (Å²) >= 11 is 8.93. The maximum absolute atomic E-state index is 13.4. The van der Waals surface area contributed by atoms with Gasteiger partial charge >= 0.3 is 0 Å². The zero-order chi connectivity index (χ0) is 14.7. The number of halogens is 3. The highest BCUT2D eigenvalue weighted by molar-refractivity contribution is 9.10. The van der Waals surface area contributed by atoms with Gasteiger partial charge in [-0.15, -0.1) is 0 Å². The molecular formula is C14H10BrClFNO2. The molecule has 104 valence electrons. The van der Waals surface area contributed by atoms with Gasteiger partial charge < -0.3 is 10.1 Å². The lowest BCUT2D eigenvalue weighted by atomic mass is 10.2. The van der Waals surface area contributed by atoms with Gasteiger partial charge in [-0.1, -0.05) is 17.7 Å². The highest BCUT2D eigenvalue weighted by Gasteiger charge is 2.15. The summed E-state index contributed by atoms with van der Waals surface area (Å²) < 4.78 is 18.7. The lowest BCUT2D eigenvalue weighted by Crippen LogP contribution is -2.13. The second-order valence-corrected chi connectivity index (χ2v) is 5.13. The van der Waals surface area contributed by atoms with Gasteiger partial charge in [-0.3, -0.25) is 4.79 Å². The number of nitrogens with one attached hydrogen (secondary N) is 1. The van der Waals surface area contributed by atoms with E-state index < -0.39 is 11.7 Å². The molecule has 0 aliphatic carbocycles. The fourth-order valence-electron chi connectivity index (χ4n) is 1.65. The van der Waals surface area contributed by atoms with Crippen molar-refractivity contribution in [2.75, 3.05) is 12.4 Å². The maximum Gasteiger partial charge on any atom is 0.257 e. The van der Waals surface area contributed by atoms with Gasteiger partial charge in [-0.05, 0) is 46.3 Å². The fourth-order valence-corrected chi connectivity index (χ4v) is 2.26. The standard InChI is InChI=1S/C14H10BrClFNO2/c1-20-12-6-5-8(16)7-11(12)18-14(19)9-3-2-4-10(17)13(9)15/h2-7H,1H3,(H,18,19). The van der Waals surface area contributed by atoms with Gasteiger partial charge in [0.2, 0.25) is 0 Å². The van der Waals surface area contributed by atoms with Crippen molar-refractivity contribution in [2.24, 2.45) is 0 Å². The topological polar surface area (TPSA) is 38.3 Å². The number of anilines is 1. The molecule has 0 aliphatic rings. The molecule has 0 aromatic heterocycles. The van der Waals surface area contributed by atoms with E-state index in [-0.39, 0.29) is 10.0 Å². The number of carbonyl (C=O) groups excluding carboxylic acids is 1. The third-order valence-corrected chi connectivity index (χ3v) is 3.65. The molecule has 0 radical (unpaired) electrons. The number of carbonyl (C=O) groups is 1. The second kappa shape index (κ2) is 6.24. The molecular weight excluding hydrogens is 349 g/mol. The maximum atomic E-state index is 13.4. The van der Waals surface area contributed by atoms with Crippen molar-refractivity contribution in [2.45, 2.75) is 0 Å². The van der Waals surface area contributed by atoms with Crippen molar-refractivity contribution in [1.82, 2.24) is 0 Å². The molecule has 1 amide bonds. The molecule has 0 atom stereocenters. The number of benzene rings is 2. The summed E-state index contributed by atoms with van der Waals surface area (Å²) in [6, 6.07) is 9.09. The largest absolute Gasteiger partial charge is 0.495 e. The van der Waals surface area contributed by atoms with Crippen molar-refractivity contribution in [1.29, 1.82) is 0 Å². The third kappa shape index (κ3) is 3.11. The van der Waals surface area contributed by atoms with E-state index in [0.717, 1.165) is 0 Å². The third-order valence-electron chi connectivity index (χ3n) is 2.61. The van der Waals surface area contributed by atoms with Crippen molar-refractivity contribution in [3.05, 3.63) is 57.3 Å². The van der Waals surface area contributed by atoms with Gasteiger partial charge in [-0.25, -0.2) is 4.39 Å². The van der Waals surface area contributed by atoms with E-state index in [2.05, 4.69) is 21.2 Å². The molecule has 0 unspecified atom stereocenters. The van der Waals surface area contributed by atoms with Crippen molar-refractivity contribution in [3.63, 3.8) is 0 Å². The molecule has 3 nitrogen and oxygen atoms in total. The number of hydrogen-bond donors (Lipinski definition) is 1. The quantitative estimate of drug-likeness (QED) is 0.877. The molecule has 2 rings (SSSR count). The summed E-state index contributed by atoms with van der Waals surface area (Å²) in [5.41, 5.74) is 0.605. The Hall–Kier alpha value is -1.59. The molecule has 0 spiro atoms. The summed E-state index contributed by atoms with van der Waals surface area (Å²) in [4.78, 5) is 12.2.